The number of amides is 2. The molecule has 31 heavy (non-hydrogen) atoms. The number of benzene rings is 2. The molecule has 7 heteroatoms. The summed E-state index contributed by atoms with van der Waals surface area (Å²) >= 11 is 3.34. The van der Waals surface area contributed by atoms with Gasteiger partial charge in [0.15, 0.2) is 11.6 Å². The van der Waals surface area contributed by atoms with Crippen molar-refractivity contribution < 1.29 is 19.2 Å². The Morgan fingerprint density at radius 1 is 0.903 bits per heavy atom. The molecule has 0 aromatic heterocycles. The zero-order valence-corrected chi connectivity index (χ0v) is 17.8. The summed E-state index contributed by atoms with van der Waals surface area (Å²) in [7, 11) is 0. The molecule has 0 aliphatic carbocycles. The average Bonchev–Trinajstić information content (AvgIpc) is 3.17. The standard InChI is InChI=1S/C24H17BrN2O4/c25-15-8-6-14(7-9-15)18(28)12-13-26-17-10-11-19(29)22(26)21-20(17)23(30)27(24(21)31)16-4-2-1-3-5-16/h1-13,17,20-22H. The van der Waals surface area contributed by atoms with E-state index < -0.39 is 23.9 Å². The van der Waals surface area contributed by atoms with E-state index in [1.54, 1.807) is 65.7 Å². The SMILES string of the molecule is O=C(C=CN1C2C=CC(=O)C1C1C(=O)N(c3ccccc3)C(=O)C12)c1ccc(Br)cc1. The Kier molecular flexibility index (Phi) is 4.70. The van der Waals surface area contributed by atoms with Crippen molar-refractivity contribution in [3.63, 3.8) is 0 Å². The number of fused-ring (bicyclic) bond motifs is 5. The fourth-order valence-electron chi connectivity index (χ4n) is 4.68. The summed E-state index contributed by atoms with van der Waals surface area (Å²) in [4.78, 5) is 54.6. The van der Waals surface area contributed by atoms with Gasteiger partial charge < -0.3 is 4.90 Å². The molecule has 4 unspecified atom stereocenters. The van der Waals surface area contributed by atoms with Gasteiger partial charge in [-0.15, -0.1) is 0 Å². The van der Waals surface area contributed by atoms with E-state index in [2.05, 4.69) is 15.9 Å². The highest BCUT2D eigenvalue weighted by Crippen LogP contribution is 2.46. The molecule has 2 aromatic rings. The van der Waals surface area contributed by atoms with Gasteiger partial charge in [-0.2, -0.15) is 0 Å². The summed E-state index contributed by atoms with van der Waals surface area (Å²) in [5, 5.41) is 0. The van der Waals surface area contributed by atoms with E-state index in [-0.39, 0.29) is 23.4 Å². The van der Waals surface area contributed by atoms with Gasteiger partial charge in [0, 0.05) is 22.3 Å². The molecule has 2 bridgehead atoms. The number of nitrogens with zero attached hydrogens (tertiary/aromatic N) is 2. The molecular weight excluding hydrogens is 460 g/mol. The number of anilines is 1. The maximum absolute atomic E-state index is 13.2. The zero-order valence-electron chi connectivity index (χ0n) is 16.2. The fraction of sp³-hybridized carbons (Fsp3) is 0.167. The number of imide groups is 1. The summed E-state index contributed by atoms with van der Waals surface area (Å²) in [5.41, 5.74) is 1.02. The zero-order chi connectivity index (χ0) is 21.7. The number of rotatable bonds is 4. The molecule has 3 heterocycles. The van der Waals surface area contributed by atoms with E-state index in [4.69, 9.17) is 0 Å². The first kappa shape index (κ1) is 19.6. The second kappa shape index (κ2) is 7.42. The molecule has 0 saturated carbocycles. The number of ketones is 2. The van der Waals surface area contributed by atoms with Gasteiger partial charge in [-0.25, -0.2) is 4.90 Å². The Morgan fingerprint density at radius 3 is 2.29 bits per heavy atom. The largest absolute Gasteiger partial charge is 0.359 e. The highest BCUT2D eigenvalue weighted by atomic mass is 79.9. The van der Waals surface area contributed by atoms with Gasteiger partial charge >= 0.3 is 0 Å². The number of halogens is 1. The lowest BCUT2D eigenvalue weighted by Gasteiger charge is -2.32. The predicted octanol–water partition coefficient (Wildman–Crippen LogP) is 3.14. The minimum Gasteiger partial charge on any atom is -0.359 e. The normalized spacial score (nSPS) is 26.8. The van der Waals surface area contributed by atoms with E-state index in [9.17, 15) is 19.2 Å². The smallest absolute Gasteiger partial charge is 0.240 e. The topological polar surface area (TPSA) is 74.8 Å². The Balaban J connectivity index is 1.45. The lowest BCUT2D eigenvalue weighted by atomic mass is 9.90. The summed E-state index contributed by atoms with van der Waals surface area (Å²) in [5.74, 6) is -2.57. The van der Waals surface area contributed by atoms with Crippen molar-refractivity contribution in [2.24, 2.45) is 11.8 Å². The molecule has 2 fully saturated rings. The molecule has 4 atom stereocenters. The quantitative estimate of drug-likeness (QED) is 0.385. The minimum absolute atomic E-state index is 0.220. The van der Waals surface area contributed by atoms with Crippen molar-refractivity contribution >= 4 is 45.0 Å². The monoisotopic (exact) mass is 476 g/mol. The molecular formula is C24H17BrN2O4. The molecule has 154 valence electrons. The molecule has 3 aliphatic heterocycles. The number of allylic oxidation sites excluding steroid dienone is 1. The van der Waals surface area contributed by atoms with Crippen molar-refractivity contribution in [1.82, 2.24) is 4.90 Å². The number of hydrogen-bond acceptors (Lipinski definition) is 5. The van der Waals surface area contributed by atoms with Crippen molar-refractivity contribution in [3.8, 4) is 0 Å². The molecule has 0 radical (unpaired) electrons. The third-order valence-corrected chi connectivity index (χ3v) is 6.59. The first-order valence-corrected chi connectivity index (χ1v) is 10.7. The summed E-state index contributed by atoms with van der Waals surface area (Å²) in [6, 6.07) is 14.5. The van der Waals surface area contributed by atoms with Crippen LogP contribution in [0.4, 0.5) is 5.69 Å². The molecule has 2 saturated heterocycles. The fourth-order valence-corrected chi connectivity index (χ4v) is 4.95. The highest BCUT2D eigenvalue weighted by Gasteiger charge is 2.63. The van der Waals surface area contributed by atoms with E-state index >= 15 is 0 Å². The molecule has 3 aliphatic rings. The van der Waals surface area contributed by atoms with Gasteiger partial charge in [0.05, 0.1) is 23.6 Å². The van der Waals surface area contributed by atoms with E-state index in [1.807, 2.05) is 6.07 Å². The average molecular weight is 477 g/mol. The lowest BCUT2D eigenvalue weighted by Crippen LogP contribution is -2.46. The highest BCUT2D eigenvalue weighted by molar-refractivity contribution is 9.10. The number of carbonyl (C=O) groups is 4. The molecule has 5 rings (SSSR count). The van der Waals surface area contributed by atoms with Crippen molar-refractivity contribution in [2.45, 2.75) is 12.1 Å². The van der Waals surface area contributed by atoms with Gasteiger partial charge in [-0.3, -0.25) is 19.2 Å². The predicted molar refractivity (Wildman–Crippen MR) is 117 cm³/mol. The maximum Gasteiger partial charge on any atom is 0.240 e. The van der Waals surface area contributed by atoms with Crippen LogP contribution in [-0.2, 0) is 14.4 Å². The molecule has 6 nitrogen and oxygen atoms in total. The van der Waals surface area contributed by atoms with Crippen molar-refractivity contribution in [2.75, 3.05) is 4.90 Å². The first-order chi connectivity index (χ1) is 15.0. The van der Waals surface area contributed by atoms with Crippen LogP contribution >= 0.6 is 15.9 Å². The third kappa shape index (κ3) is 3.08. The second-order valence-electron chi connectivity index (χ2n) is 7.73. The van der Waals surface area contributed by atoms with E-state index in [0.29, 0.717) is 11.3 Å². The first-order valence-electron chi connectivity index (χ1n) is 9.88. The molecule has 0 spiro atoms. The van der Waals surface area contributed by atoms with Crippen LogP contribution in [0.3, 0.4) is 0 Å². The minimum atomic E-state index is -0.792. The van der Waals surface area contributed by atoms with Gasteiger partial charge in [0.1, 0.15) is 6.04 Å². The third-order valence-electron chi connectivity index (χ3n) is 6.06. The number of para-hydroxylation sites is 1. The Bertz CT molecular complexity index is 1160. The van der Waals surface area contributed by atoms with Gasteiger partial charge in [-0.1, -0.05) is 40.2 Å². The molecule has 0 N–H and O–H groups in total. The Hall–Kier alpha value is -3.32. The van der Waals surface area contributed by atoms with Crippen LogP contribution in [0.2, 0.25) is 0 Å². The summed E-state index contributed by atoms with van der Waals surface area (Å²) in [6.45, 7) is 0. The second-order valence-corrected chi connectivity index (χ2v) is 8.65. The maximum atomic E-state index is 13.2. The van der Waals surface area contributed by atoms with Crippen molar-refractivity contribution in [3.05, 3.63) is 89.1 Å². The van der Waals surface area contributed by atoms with Crippen LogP contribution in [0.5, 0.6) is 0 Å². The molecule has 2 amide bonds. The number of carbonyl (C=O) groups excluding carboxylic acids is 4. The Labute approximate surface area is 187 Å². The van der Waals surface area contributed by atoms with Crippen LogP contribution in [0, 0.1) is 11.8 Å². The molecule has 2 aromatic carbocycles. The summed E-state index contributed by atoms with van der Waals surface area (Å²) < 4.78 is 0.866. The van der Waals surface area contributed by atoms with Crippen LogP contribution in [0.1, 0.15) is 10.4 Å². The Morgan fingerprint density at radius 2 is 1.58 bits per heavy atom. The van der Waals surface area contributed by atoms with Crippen LogP contribution in [0.25, 0.3) is 0 Å². The van der Waals surface area contributed by atoms with Crippen LogP contribution in [0.15, 0.2) is 83.5 Å². The van der Waals surface area contributed by atoms with Gasteiger partial charge in [-0.05, 0) is 42.5 Å². The number of hydrogen-bond donors (Lipinski definition) is 0. The summed E-state index contributed by atoms with van der Waals surface area (Å²) in [6.07, 6.45) is 6.05. The van der Waals surface area contributed by atoms with Crippen LogP contribution < -0.4 is 4.90 Å². The van der Waals surface area contributed by atoms with E-state index in [0.717, 1.165) is 4.47 Å². The van der Waals surface area contributed by atoms with E-state index in [1.165, 1.54) is 17.1 Å². The van der Waals surface area contributed by atoms with Gasteiger partial charge in [0.2, 0.25) is 11.8 Å². The van der Waals surface area contributed by atoms with Crippen LogP contribution in [-0.4, -0.2) is 40.4 Å². The lowest BCUT2D eigenvalue weighted by molar-refractivity contribution is -0.128. The van der Waals surface area contributed by atoms with Gasteiger partial charge in [0.25, 0.3) is 0 Å². The van der Waals surface area contributed by atoms with Crippen molar-refractivity contribution in [1.29, 1.82) is 0 Å².